The molecule has 21 heavy (non-hydrogen) atoms. The van der Waals surface area contributed by atoms with E-state index in [0.717, 1.165) is 5.56 Å². The fourth-order valence-electron chi connectivity index (χ4n) is 1.59. The maximum atomic E-state index is 11.6. The van der Waals surface area contributed by atoms with Crippen molar-refractivity contribution in [1.82, 2.24) is 16.0 Å². The van der Waals surface area contributed by atoms with E-state index in [1.807, 2.05) is 6.92 Å². The predicted octanol–water partition coefficient (Wildman–Crippen LogP) is 2.66. The van der Waals surface area contributed by atoms with Crippen molar-refractivity contribution in [1.29, 1.82) is 0 Å². The first kappa shape index (κ1) is 17.5. The summed E-state index contributed by atoms with van der Waals surface area (Å²) in [5.41, 5.74) is 0.824. The minimum Gasteiger partial charge on any atom is -0.334 e. The predicted molar refractivity (Wildman–Crippen MR) is 84.6 cm³/mol. The molecule has 0 heterocycles. The van der Waals surface area contributed by atoms with Gasteiger partial charge in [0.15, 0.2) is 0 Å². The third-order valence-electron chi connectivity index (χ3n) is 2.66. The number of carbonyl (C=O) groups is 2. The van der Waals surface area contributed by atoms with Crippen LogP contribution in [0.25, 0.3) is 0 Å². The summed E-state index contributed by atoms with van der Waals surface area (Å²) in [6, 6.07) is 4.44. The molecular formula is C14H17Cl2N3O2. The summed E-state index contributed by atoms with van der Waals surface area (Å²) in [7, 11) is 0. The smallest absolute Gasteiger partial charge is 0.321 e. The van der Waals surface area contributed by atoms with Gasteiger partial charge >= 0.3 is 6.03 Å². The Labute approximate surface area is 133 Å². The highest BCUT2D eigenvalue weighted by Crippen LogP contribution is 2.25. The summed E-state index contributed by atoms with van der Waals surface area (Å²) in [5.74, 6) is -0.437. The zero-order valence-corrected chi connectivity index (χ0v) is 13.1. The fraction of sp³-hybridized carbons (Fsp3) is 0.286. The van der Waals surface area contributed by atoms with Crippen molar-refractivity contribution in [2.45, 2.75) is 13.0 Å². The van der Waals surface area contributed by atoms with Gasteiger partial charge in [-0.15, -0.1) is 6.58 Å². The van der Waals surface area contributed by atoms with Gasteiger partial charge in [0.1, 0.15) is 0 Å². The summed E-state index contributed by atoms with van der Waals surface area (Å²) < 4.78 is 0. The molecule has 1 unspecified atom stereocenters. The number of rotatable bonds is 6. The van der Waals surface area contributed by atoms with Gasteiger partial charge in [-0.1, -0.05) is 35.3 Å². The molecule has 0 bridgehead atoms. The molecule has 0 saturated carbocycles. The summed E-state index contributed by atoms with van der Waals surface area (Å²) in [5, 5.41) is 8.69. The molecule has 0 saturated heterocycles. The summed E-state index contributed by atoms with van der Waals surface area (Å²) >= 11 is 11.9. The maximum Gasteiger partial charge on any atom is 0.321 e. The first-order valence-electron chi connectivity index (χ1n) is 6.31. The molecule has 5 nitrogen and oxygen atoms in total. The van der Waals surface area contributed by atoms with Crippen LogP contribution in [0.4, 0.5) is 4.79 Å². The number of hydrogen-bond acceptors (Lipinski definition) is 3. The number of urea groups is 1. The molecule has 0 fully saturated rings. The molecule has 0 aromatic heterocycles. The molecule has 3 N–H and O–H groups in total. The maximum absolute atomic E-state index is 11.6. The second-order valence-corrected chi connectivity index (χ2v) is 5.16. The number of imide groups is 1. The minimum absolute atomic E-state index is 0.0123. The second-order valence-electron chi connectivity index (χ2n) is 4.32. The monoisotopic (exact) mass is 329 g/mol. The lowest BCUT2D eigenvalue weighted by Gasteiger charge is -2.15. The Morgan fingerprint density at radius 3 is 2.71 bits per heavy atom. The van der Waals surface area contributed by atoms with Crippen LogP contribution in [0.15, 0.2) is 30.9 Å². The molecule has 0 aliphatic carbocycles. The van der Waals surface area contributed by atoms with Crippen LogP contribution < -0.4 is 16.0 Å². The number of nitrogens with one attached hydrogen (secondary N) is 3. The molecule has 0 radical (unpaired) electrons. The molecule has 0 spiro atoms. The zero-order chi connectivity index (χ0) is 15.8. The van der Waals surface area contributed by atoms with Crippen molar-refractivity contribution in [2.24, 2.45) is 0 Å². The van der Waals surface area contributed by atoms with Gasteiger partial charge in [-0.2, -0.15) is 0 Å². The van der Waals surface area contributed by atoms with Gasteiger partial charge in [0, 0.05) is 22.6 Å². The number of benzene rings is 1. The second kappa shape index (κ2) is 8.67. The Kier molecular flexibility index (Phi) is 7.22. The van der Waals surface area contributed by atoms with Gasteiger partial charge in [0.25, 0.3) is 0 Å². The average molecular weight is 330 g/mol. The number of hydrogen-bond donors (Lipinski definition) is 3. The van der Waals surface area contributed by atoms with E-state index in [1.54, 1.807) is 18.2 Å². The van der Waals surface area contributed by atoms with Crippen molar-refractivity contribution < 1.29 is 9.59 Å². The molecule has 3 amide bonds. The van der Waals surface area contributed by atoms with E-state index < -0.39 is 11.9 Å². The molecule has 1 atom stereocenters. The topological polar surface area (TPSA) is 70.2 Å². The van der Waals surface area contributed by atoms with Crippen molar-refractivity contribution in [3.8, 4) is 0 Å². The third kappa shape index (κ3) is 6.16. The van der Waals surface area contributed by atoms with Crippen LogP contribution in [-0.4, -0.2) is 25.0 Å². The largest absolute Gasteiger partial charge is 0.334 e. The van der Waals surface area contributed by atoms with E-state index in [4.69, 9.17) is 23.2 Å². The molecule has 0 aliphatic heterocycles. The first-order chi connectivity index (χ1) is 9.93. The average Bonchev–Trinajstić information content (AvgIpc) is 2.42. The van der Waals surface area contributed by atoms with Gasteiger partial charge in [0.2, 0.25) is 5.91 Å². The molecule has 1 aromatic carbocycles. The van der Waals surface area contributed by atoms with E-state index >= 15 is 0 Å². The minimum atomic E-state index is -0.557. The molecule has 1 rings (SSSR count). The fourth-order valence-corrected chi connectivity index (χ4v) is 2.16. The Morgan fingerprint density at radius 2 is 2.10 bits per heavy atom. The summed E-state index contributed by atoms with van der Waals surface area (Å²) in [6.07, 6.45) is 1.52. The van der Waals surface area contributed by atoms with Gasteiger partial charge in [-0.3, -0.25) is 10.1 Å². The zero-order valence-electron chi connectivity index (χ0n) is 11.6. The van der Waals surface area contributed by atoms with Crippen LogP contribution in [0.2, 0.25) is 10.0 Å². The molecule has 7 heteroatoms. The van der Waals surface area contributed by atoms with Crippen molar-refractivity contribution in [3.05, 3.63) is 46.5 Å². The standard InChI is InChI=1S/C14H17Cl2N3O2/c1-3-6-17-14(21)19-13(20)8-18-9(2)11-5-4-10(15)7-12(11)16/h3-5,7,9,18H,1,6,8H2,2H3,(H2,17,19,20,21). The number of amides is 3. The van der Waals surface area contributed by atoms with Crippen molar-refractivity contribution in [3.63, 3.8) is 0 Å². The SMILES string of the molecule is C=CCNC(=O)NC(=O)CNC(C)c1ccc(Cl)cc1Cl. The van der Waals surface area contributed by atoms with Gasteiger partial charge in [0.05, 0.1) is 6.54 Å². The lowest BCUT2D eigenvalue weighted by molar-refractivity contribution is -0.119. The van der Waals surface area contributed by atoms with E-state index in [1.165, 1.54) is 6.08 Å². The molecular weight excluding hydrogens is 313 g/mol. The Hall–Kier alpha value is -1.56. The van der Waals surface area contributed by atoms with E-state index in [2.05, 4.69) is 22.5 Å². The van der Waals surface area contributed by atoms with Crippen molar-refractivity contribution in [2.75, 3.05) is 13.1 Å². The summed E-state index contributed by atoms with van der Waals surface area (Å²) in [6.45, 7) is 5.60. The normalized spacial score (nSPS) is 11.6. The first-order valence-corrected chi connectivity index (χ1v) is 7.06. The van der Waals surface area contributed by atoms with Crippen LogP contribution in [0, 0.1) is 0 Å². The molecule has 1 aromatic rings. The van der Waals surface area contributed by atoms with Crippen LogP contribution in [0.5, 0.6) is 0 Å². The third-order valence-corrected chi connectivity index (χ3v) is 3.22. The van der Waals surface area contributed by atoms with Crippen LogP contribution in [-0.2, 0) is 4.79 Å². The van der Waals surface area contributed by atoms with E-state index in [0.29, 0.717) is 16.6 Å². The number of halogens is 2. The van der Waals surface area contributed by atoms with Gasteiger partial charge in [-0.05, 0) is 24.6 Å². The Balaban J connectivity index is 2.45. The Bertz CT molecular complexity index is 535. The summed E-state index contributed by atoms with van der Waals surface area (Å²) in [4.78, 5) is 22.8. The lowest BCUT2D eigenvalue weighted by atomic mass is 10.1. The van der Waals surface area contributed by atoms with Gasteiger partial charge < -0.3 is 10.6 Å². The van der Waals surface area contributed by atoms with E-state index in [9.17, 15) is 9.59 Å². The highest BCUT2D eigenvalue weighted by atomic mass is 35.5. The highest BCUT2D eigenvalue weighted by molar-refractivity contribution is 6.35. The highest BCUT2D eigenvalue weighted by Gasteiger charge is 2.12. The molecule has 114 valence electrons. The van der Waals surface area contributed by atoms with E-state index in [-0.39, 0.29) is 12.6 Å². The van der Waals surface area contributed by atoms with Crippen LogP contribution in [0.3, 0.4) is 0 Å². The lowest BCUT2D eigenvalue weighted by Crippen LogP contribution is -2.43. The Morgan fingerprint density at radius 1 is 1.38 bits per heavy atom. The quantitative estimate of drug-likeness (QED) is 0.702. The van der Waals surface area contributed by atoms with Crippen LogP contribution >= 0.6 is 23.2 Å². The van der Waals surface area contributed by atoms with Crippen LogP contribution in [0.1, 0.15) is 18.5 Å². The van der Waals surface area contributed by atoms with Crippen molar-refractivity contribution >= 4 is 35.1 Å². The van der Waals surface area contributed by atoms with Gasteiger partial charge in [-0.25, -0.2) is 4.79 Å². The molecule has 0 aliphatic rings. The number of carbonyl (C=O) groups excluding carboxylic acids is 2.